The summed E-state index contributed by atoms with van der Waals surface area (Å²) < 4.78 is 5.19. The van der Waals surface area contributed by atoms with Gasteiger partial charge in [-0.25, -0.2) is 4.79 Å². The summed E-state index contributed by atoms with van der Waals surface area (Å²) in [5, 5.41) is 11.1. The van der Waals surface area contributed by atoms with Gasteiger partial charge >= 0.3 is 6.09 Å². The number of hydrogen-bond acceptors (Lipinski definition) is 5. The Kier molecular flexibility index (Phi) is 6.11. The van der Waals surface area contributed by atoms with Crippen molar-refractivity contribution in [3.63, 3.8) is 0 Å². The maximum Gasteiger partial charge on any atom is 0.407 e. The topological polar surface area (TPSA) is 89.1 Å². The summed E-state index contributed by atoms with van der Waals surface area (Å²) in [5.74, 6) is 0. The van der Waals surface area contributed by atoms with Gasteiger partial charge in [0.1, 0.15) is 5.60 Å². The van der Waals surface area contributed by atoms with Gasteiger partial charge in [0.05, 0.1) is 11.4 Å². The van der Waals surface area contributed by atoms with Gasteiger partial charge in [-0.1, -0.05) is 12.1 Å². The Morgan fingerprint density at radius 3 is 2.04 bits per heavy atom. The van der Waals surface area contributed by atoms with Gasteiger partial charge in [-0.15, -0.1) is 0 Å². The fourth-order valence-electron chi connectivity index (χ4n) is 2.01. The molecule has 0 heterocycles. The largest absolute Gasteiger partial charge is 0.444 e. The number of nitrogens with one attached hydrogen (secondary N) is 1. The van der Waals surface area contributed by atoms with E-state index in [0.29, 0.717) is 18.7 Å². The van der Waals surface area contributed by atoms with E-state index in [1.54, 1.807) is 12.1 Å². The number of nitrogen functional groups attached to an aromatic ring is 1. The SMILES string of the molecule is CC(C)(C)OC(=O)NCCc1ccc(N=Nc2ccc(N)cc2)cc1. The van der Waals surface area contributed by atoms with Gasteiger partial charge in [-0.2, -0.15) is 10.2 Å². The second kappa shape index (κ2) is 8.28. The van der Waals surface area contributed by atoms with E-state index < -0.39 is 11.7 Å². The van der Waals surface area contributed by atoms with Crippen molar-refractivity contribution in [2.45, 2.75) is 32.8 Å². The zero-order chi connectivity index (χ0) is 18.3. The van der Waals surface area contributed by atoms with Crippen LogP contribution in [0.1, 0.15) is 26.3 Å². The molecule has 0 unspecified atom stereocenters. The summed E-state index contributed by atoms with van der Waals surface area (Å²) in [6.45, 7) is 6.03. The first-order chi connectivity index (χ1) is 11.8. The van der Waals surface area contributed by atoms with Gasteiger partial charge in [0.15, 0.2) is 0 Å². The highest BCUT2D eigenvalue weighted by molar-refractivity contribution is 5.67. The normalized spacial score (nSPS) is 11.5. The molecule has 2 aromatic carbocycles. The van der Waals surface area contributed by atoms with Crippen molar-refractivity contribution in [1.29, 1.82) is 0 Å². The molecule has 0 radical (unpaired) electrons. The number of nitrogens with two attached hydrogens (primary N) is 1. The number of anilines is 1. The Morgan fingerprint density at radius 1 is 1.00 bits per heavy atom. The summed E-state index contributed by atoms with van der Waals surface area (Å²) in [6, 6.07) is 14.9. The number of hydrogen-bond donors (Lipinski definition) is 2. The molecule has 1 amide bonds. The van der Waals surface area contributed by atoms with Gasteiger partial charge in [-0.05, 0) is 69.2 Å². The molecule has 25 heavy (non-hydrogen) atoms. The fraction of sp³-hybridized carbons (Fsp3) is 0.316. The average Bonchev–Trinajstić information content (AvgIpc) is 2.54. The highest BCUT2D eigenvalue weighted by Gasteiger charge is 2.15. The smallest absolute Gasteiger partial charge is 0.407 e. The molecular formula is C19H24N4O2. The second-order valence-corrected chi connectivity index (χ2v) is 6.64. The van der Waals surface area contributed by atoms with E-state index in [9.17, 15) is 4.79 Å². The number of azo groups is 1. The van der Waals surface area contributed by atoms with Gasteiger partial charge in [0.25, 0.3) is 0 Å². The highest BCUT2D eigenvalue weighted by atomic mass is 16.6. The van der Waals surface area contributed by atoms with E-state index in [1.165, 1.54) is 0 Å². The number of alkyl carbamates (subject to hydrolysis) is 1. The summed E-state index contributed by atoms with van der Waals surface area (Å²) in [4.78, 5) is 11.6. The Bertz CT molecular complexity index is 717. The van der Waals surface area contributed by atoms with E-state index >= 15 is 0 Å². The molecule has 2 aromatic rings. The van der Waals surface area contributed by atoms with E-state index in [0.717, 1.165) is 16.9 Å². The Balaban J connectivity index is 1.81. The highest BCUT2D eigenvalue weighted by Crippen LogP contribution is 2.19. The monoisotopic (exact) mass is 340 g/mol. The minimum atomic E-state index is -0.485. The van der Waals surface area contributed by atoms with Crippen LogP contribution < -0.4 is 11.1 Å². The molecular weight excluding hydrogens is 316 g/mol. The lowest BCUT2D eigenvalue weighted by atomic mass is 10.1. The maximum absolute atomic E-state index is 11.6. The van der Waals surface area contributed by atoms with Gasteiger partial charge in [0, 0.05) is 12.2 Å². The molecule has 0 aromatic heterocycles. The maximum atomic E-state index is 11.6. The van der Waals surface area contributed by atoms with Gasteiger partial charge in [-0.3, -0.25) is 0 Å². The molecule has 0 spiro atoms. The van der Waals surface area contributed by atoms with Crippen molar-refractivity contribution in [1.82, 2.24) is 5.32 Å². The van der Waals surface area contributed by atoms with E-state index in [4.69, 9.17) is 10.5 Å². The third-order valence-corrected chi connectivity index (χ3v) is 3.19. The van der Waals surface area contributed by atoms with Crippen molar-refractivity contribution in [2.75, 3.05) is 12.3 Å². The average molecular weight is 340 g/mol. The third kappa shape index (κ3) is 7.03. The zero-order valence-electron chi connectivity index (χ0n) is 14.8. The predicted octanol–water partition coefficient (Wildman–Crippen LogP) is 4.75. The Labute approximate surface area is 148 Å². The number of carbonyl (C=O) groups is 1. The first-order valence-corrected chi connectivity index (χ1v) is 8.15. The molecule has 0 bridgehead atoms. The summed E-state index contributed by atoms with van der Waals surface area (Å²) in [5.41, 5.74) is 8.46. The molecule has 0 atom stereocenters. The van der Waals surface area contributed by atoms with Crippen LogP contribution in [0, 0.1) is 0 Å². The van der Waals surface area contributed by atoms with Crippen LogP contribution in [0.2, 0.25) is 0 Å². The van der Waals surface area contributed by atoms with Gasteiger partial charge in [0.2, 0.25) is 0 Å². The summed E-state index contributed by atoms with van der Waals surface area (Å²) in [6.07, 6.45) is 0.315. The second-order valence-electron chi connectivity index (χ2n) is 6.64. The first-order valence-electron chi connectivity index (χ1n) is 8.15. The molecule has 0 saturated heterocycles. The van der Waals surface area contributed by atoms with Crippen LogP contribution in [-0.4, -0.2) is 18.2 Å². The summed E-state index contributed by atoms with van der Waals surface area (Å²) in [7, 11) is 0. The number of nitrogens with zero attached hydrogens (tertiary/aromatic N) is 2. The number of amides is 1. The number of ether oxygens (including phenoxy) is 1. The lowest BCUT2D eigenvalue weighted by Gasteiger charge is -2.19. The van der Waals surface area contributed by atoms with Gasteiger partial charge < -0.3 is 15.8 Å². The van der Waals surface area contributed by atoms with Crippen molar-refractivity contribution in [3.8, 4) is 0 Å². The molecule has 0 aliphatic rings. The third-order valence-electron chi connectivity index (χ3n) is 3.19. The number of benzene rings is 2. The molecule has 2 rings (SSSR count). The number of rotatable bonds is 5. The van der Waals surface area contributed by atoms with E-state index in [1.807, 2.05) is 57.2 Å². The zero-order valence-corrected chi connectivity index (χ0v) is 14.8. The van der Waals surface area contributed by atoms with Crippen LogP contribution in [0.25, 0.3) is 0 Å². The molecule has 0 saturated carbocycles. The molecule has 0 aliphatic heterocycles. The van der Waals surface area contributed by atoms with Crippen LogP contribution >= 0.6 is 0 Å². The van der Waals surface area contributed by atoms with E-state index in [2.05, 4.69) is 15.5 Å². The van der Waals surface area contributed by atoms with Crippen molar-refractivity contribution in [3.05, 3.63) is 54.1 Å². The standard InChI is InChI=1S/C19H24N4O2/c1-19(2,3)25-18(24)21-13-12-14-4-8-16(9-5-14)22-23-17-10-6-15(20)7-11-17/h4-11H,12-13,20H2,1-3H3,(H,21,24). The van der Waals surface area contributed by atoms with Crippen LogP contribution in [-0.2, 0) is 11.2 Å². The molecule has 132 valence electrons. The van der Waals surface area contributed by atoms with Crippen molar-refractivity contribution in [2.24, 2.45) is 10.2 Å². The lowest BCUT2D eigenvalue weighted by molar-refractivity contribution is 0.0528. The van der Waals surface area contributed by atoms with Crippen molar-refractivity contribution < 1.29 is 9.53 Å². The summed E-state index contributed by atoms with van der Waals surface area (Å²) >= 11 is 0. The number of carbonyl (C=O) groups excluding carboxylic acids is 1. The molecule has 3 N–H and O–H groups in total. The Hall–Kier alpha value is -2.89. The predicted molar refractivity (Wildman–Crippen MR) is 99.4 cm³/mol. The van der Waals surface area contributed by atoms with Crippen LogP contribution in [0.15, 0.2) is 58.8 Å². The lowest BCUT2D eigenvalue weighted by Crippen LogP contribution is -2.33. The van der Waals surface area contributed by atoms with E-state index in [-0.39, 0.29) is 0 Å². The quantitative estimate of drug-likeness (QED) is 0.608. The first kappa shape index (κ1) is 18.4. The van der Waals surface area contributed by atoms with Crippen molar-refractivity contribution >= 4 is 23.2 Å². The van der Waals surface area contributed by atoms with Crippen LogP contribution in [0.5, 0.6) is 0 Å². The molecule has 6 heteroatoms. The molecule has 0 fully saturated rings. The minimum absolute atomic E-state index is 0.401. The Morgan fingerprint density at radius 2 is 1.52 bits per heavy atom. The minimum Gasteiger partial charge on any atom is -0.444 e. The molecule has 0 aliphatic carbocycles. The van der Waals surface area contributed by atoms with Crippen LogP contribution in [0.4, 0.5) is 21.9 Å². The molecule has 6 nitrogen and oxygen atoms in total. The fourth-order valence-corrected chi connectivity index (χ4v) is 2.01. The van der Waals surface area contributed by atoms with Crippen LogP contribution in [0.3, 0.4) is 0 Å².